The van der Waals surface area contributed by atoms with Crippen molar-refractivity contribution in [2.45, 2.75) is 25.6 Å². The van der Waals surface area contributed by atoms with Crippen LogP contribution in [0.2, 0.25) is 0 Å². The van der Waals surface area contributed by atoms with Crippen molar-refractivity contribution >= 4 is 11.6 Å². The van der Waals surface area contributed by atoms with Gasteiger partial charge in [0.05, 0.1) is 6.10 Å². The Bertz CT molecular complexity index is 403. The Balaban J connectivity index is 2.89. The fourth-order valence-electron chi connectivity index (χ4n) is 1.37. The number of alkyl halides is 1. The number of aromatic nitrogens is 1. The topological polar surface area (TPSA) is 77.1 Å². The molecule has 0 spiro atoms. The number of aryl methyl sites for hydroxylation is 1. The lowest BCUT2D eigenvalue weighted by molar-refractivity contribution is 0.0167. The highest BCUT2D eigenvalue weighted by atomic mass is 35.5. The highest BCUT2D eigenvalue weighted by Gasteiger charge is 2.18. The quantitative estimate of drug-likeness (QED) is 0.778. The zero-order valence-corrected chi connectivity index (χ0v) is 9.65. The molecular formula is C11H13ClN2O2. The van der Waals surface area contributed by atoms with Crippen molar-refractivity contribution in [1.29, 1.82) is 5.26 Å². The fourth-order valence-corrected chi connectivity index (χ4v) is 1.59. The minimum absolute atomic E-state index is 0.279. The summed E-state index contributed by atoms with van der Waals surface area (Å²) in [6, 6.07) is 3.59. The summed E-state index contributed by atoms with van der Waals surface area (Å²) in [5.41, 5.74) is 1.49. The molecule has 1 aromatic heterocycles. The lowest BCUT2D eigenvalue weighted by atomic mass is 10.0. The predicted octanol–water partition coefficient (Wildman–Crippen LogP) is 1.28. The minimum Gasteiger partial charge on any atom is -0.390 e. The molecule has 0 saturated heterocycles. The number of rotatable bonds is 4. The minimum atomic E-state index is -1.02. The molecule has 0 amide bonds. The van der Waals surface area contributed by atoms with Crippen molar-refractivity contribution in [2.24, 2.45) is 0 Å². The lowest BCUT2D eigenvalue weighted by Crippen LogP contribution is -2.19. The van der Waals surface area contributed by atoms with Gasteiger partial charge in [-0.15, -0.1) is 11.6 Å². The van der Waals surface area contributed by atoms with Crippen molar-refractivity contribution in [3.8, 4) is 6.07 Å². The van der Waals surface area contributed by atoms with Gasteiger partial charge in [-0.05, 0) is 25.0 Å². The van der Waals surface area contributed by atoms with Crippen molar-refractivity contribution in [3.05, 3.63) is 29.1 Å². The van der Waals surface area contributed by atoms with Gasteiger partial charge in [-0.3, -0.25) is 0 Å². The van der Waals surface area contributed by atoms with E-state index in [1.165, 1.54) is 6.20 Å². The first kappa shape index (κ1) is 12.9. The SMILES string of the molecule is Cc1cc(C(O)C(O)CCCl)cnc1C#N. The molecular weight excluding hydrogens is 228 g/mol. The third-order valence-electron chi connectivity index (χ3n) is 2.32. The van der Waals surface area contributed by atoms with Crippen molar-refractivity contribution in [2.75, 3.05) is 5.88 Å². The number of aliphatic hydroxyl groups excluding tert-OH is 2. The van der Waals surface area contributed by atoms with E-state index in [0.717, 1.165) is 0 Å². The van der Waals surface area contributed by atoms with Crippen LogP contribution in [0.3, 0.4) is 0 Å². The van der Waals surface area contributed by atoms with Crippen LogP contribution in [-0.4, -0.2) is 27.2 Å². The zero-order valence-electron chi connectivity index (χ0n) is 8.89. The number of nitrogens with zero attached hydrogens (tertiary/aromatic N) is 2. The van der Waals surface area contributed by atoms with E-state index in [9.17, 15) is 10.2 Å². The van der Waals surface area contributed by atoms with E-state index in [1.54, 1.807) is 13.0 Å². The molecule has 1 rings (SSSR count). The molecule has 0 saturated carbocycles. The van der Waals surface area contributed by atoms with Crippen molar-refractivity contribution < 1.29 is 10.2 Å². The van der Waals surface area contributed by atoms with E-state index in [-0.39, 0.29) is 5.88 Å². The van der Waals surface area contributed by atoms with E-state index in [2.05, 4.69) is 4.98 Å². The summed E-state index contributed by atoms with van der Waals surface area (Å²) < 4.78 is 0. The summed E-state index contributed by atoms with van der Waals surface area (Å²) in [7, 11) is 0. The molecule has 16 heavy (non-hydrogen) atoms. The van der Waals surface area contributed by atoms with E-state index < -0.39 is 12.2 Å². The summed E-state index contributed by atoms with van der Waals surface area (Å²) in [5.74, 6) is 0.279. The maximum Gasteiger partial charge on any atom is 0.143 e. The number of hydrogen-bond acceptors (Lipinski definition) is 4. The van der Waals surface area contributed by atoms with Crippen LogP contribution in [0.25, 0.3) is 0 Å². The van der Waals surface area contributed by atoms with Gasteiger partial charge in [0.2, 0.25) is 0 Å². The first-order valence-electron chi connectivity index (χ1n) is 4.89. The summed E-state index contributed by atoms with van der Waals surface area (Å²) in [4.78, 5) is 3.90. The average Bonchev–Trinajstić information content (AvgIpc) is 2.28. The molecule has 0 aromatic carbocycles. The Morgan fingerprint density at radius 1 is 1.56 bits per heavy atom. The molecule has 2 N–H and O–H groups in total. The number of aliphatic hydroxyl groups is 2. The van der Waals surface area contributed by atoms with E-state index >= 15 is 0 Å². The summed E-state index contributed by atoms with van der Waals surface area (Å²) in [6.45, 7) is 1.73. The summed E-state index contributed by atoms with van der Waals surface area (Å²) >= 11 is 5.48. The lowest BCUT2D eigenvalue weighted by Gasteiger charge is -2.17. The van der Waals surface area contributed by atoms with Gasteiger partial charge in [0, 0.05) is 17.6 Å². The molecule has 4 nitrogen and oxygen atoms in total. The fraction of sp³-hybridized carbons (Fsp3) is 0.455. The number of nitriles is 1. The van der Waals surface area contributed by atoms with Crippen molar-refractivity contribution in [3.63, 3.8) is 0 Å². The van der Waals surface area contributed by atoms with Gasteiger partial charge in [0.25, 0.3) is 0 Å². The van der Waals surface area contributed by atoms with Crippen molar-refractivity contribution in [1.82, 2.24) is 4.98 Å². The van der Waals surface area contributed by atoms with Gasteiger partial charge in [0.1, 0.15) is 17.9 Å². The van der Waals surface area contributed by atoms with E-state index in [1.807, 2.05) is 6.07 Å². The van der Waals surface area contributed by atoms with Crippen LogP contribution in [0.4, 0.5) is 0 Å². The van der Waals surface area contributed by atoms with Crippen LogP contribution in [0.15, 0.2) is 12.3 Å². The molecule has 0 radical (unpaired) electrons. The van der Waals surface area contributed by atoms with E-state index in [0.29, 0.717) is 23.2 Å². The second-order valence-corrected chi connectivity index (χ2v) is 3.91. The smallest absolute Gasteiger partial charge is 0.143 e. The molecule has 2 atom stereocenters. The van der Waals surface area contributed by atoms with Gasteiger partial charge in [-0.2, -0.15) is 5.26 Å². The first-order valence-corrected chi connectivity index (χ1v) is 5.42. The Hall–Kier alpha value is -1.15. The van der Waals surface area contributed by atoms with E-state index in [4.69, 9.17) is 16.9 Å². The molecule has 5 heteroatoms. The molecule has 0 aliphatic carbocycles. The van der Waals surface area contributed by atoms with Gasteiger partial charge < -0.3 is 10.2 Å². The van der Waals surface area contributed by atoms with Crippen LogP contribution in [0.1, 0.15) is 29.3 Å². The van der Waals surface area contributed by atoms with Gasteiger partial charge in [0.15, 0.2) is 0 Å². The summed E-state index contributed by atoms with van der Waals surface area (Å²) in [6.07, 6.45) is -0.223. The molecule has 1 heterocycles. The molecule has 2 unspecified atom stereocenters. The monoisotopic (exact) mass is 240 g/mol. The predicted molar refractivity (Wildman–Crippen MR) is 60.0 cm³/mol. The number of halogens is 1. The molecule has 0 bridgehead atoms. The molecule has 86 valence electrons. The van der Waals surface area contributed by atoms with Crippen LogP contribution in [0.5, 0.6) is 0 Å². The Labute approximate surface area is 99.1 Å². The Kier molecular flexibility index (Phi) is 4.69. The zero-order chi connectivity index (χ0) is 12.1. The van der Waals surface area contributed by atoms with Gasteiger partial charge in [-0.1, -0.05) is 0 Å². The van der Waals surface area contributed by atoms with Gasteiger partial charge in [-0.25, -0.2) is 4.98 Å². The molecule has 0 aliphatic heterocycles. The second-order valence-electron chi connectivity index (χ2n) is 3.54. The number of hydrogen-bond donors (Lipinski definition) is 2. The van der Waals surface area contributed by atoms with Crippen LogP contribution < -0.4 is 0 Å². The second kappa shape index (κ2) is 5.80. The third kappa shape index (κ3) is 2.92. The highest BCUT2D eigenvalue weighted by molar-refractivity contribution is 6.17. The largest absolute Gasteiger partial charge is 0.390 e. The average molecular weight is 241 g/mol. The third-order valence-corrected chi connectivity index (χ3v) is 2.53. The normalized spacial score (nSPS) is 14.2. The maximum absolute atomic E-state index is 9.78. The van der Waals surface area contributed by atoms with Crippen LogP contribution in [0, 0.1) is 18.3 Å². The Morgan fingerprint density at radius 2 is 2.25 bits per heavy atom. The first-order chi connectivity index (χ1) is 7.60. The Morgan fingerprint density at radius 3 is 2.75 bits per heavy atom. The molecule has 0 fully saturated rings. The van der Waals surface area contributed by atoms with Gasteiger partial charge >= 0.3 is 0 Å². The highest BCUT2D eigenvalue weighted by Crippen LogP contribution is 2.20. The van der Waals surface area contributed by atoms with Crippen LogP contribution in [-0.2, 0) is 0 Å². The molecule has 1 aromatic rings. The standard InChI is InChI=1S/C11H13ClN2O2/c1-7-4-8(6-14-9(7)5-13)11(16)10(15)2-3-12/h4,6,10-11,15-16H,2-3H2,1H3. The molecule has 0 aliphatic rings. The number of pyridine rings is 1. The summed E-state index contributed by atoms with van der Waals surface area (Å²) in [5, 5.41) is 28.0. The van der Waals surface area contributed by atoms with Crippen LogP contribution >= 0.6 is 11.6 Å². The maximum atomic E-state index is 9.78.